The Hall–Kier alpha value is -1.85. The van der Waals surface area contributed by atoms with Gasteiger partial charge in [-0.05, 0) is 19.8 Å². The first-order valence-corrected chi connectivity index (χ1v) is 6.66. The van der Waals surface area contributed by atoms with E-state index >= 15 is 0 Å². The molecule has 1 heterocycles. The van der Waals surface area contributed by atoms with Crippen molar-refractivity contribution in [2.45, 2.75) is 32.6 Å². The molecule has 1 aromatic heterocycles. The SMILES string of the molecule is CNc1nc(C2CC2)nc(NCCNC(C)=O)c1C. The van der Waals surface area contributed by atoms with Gasteiger partial charge in [-0.15, -0.1) is 0 Å². The van der Waals surface area contributed by atoms with Gasteiger partial charge in [0, 0.05) is 38.5 Å². The summed E-state index contributed by atoms with van der Waals surface area (Å²) in [6.07, 6.45) is 2.36. The number of carbonyl (C=O) groups is 1. The molecule has 1 saturated carbocycles. The molecule has 0 atom stereocenters. The predicted octanol–water partition coefficient (Wildman–Crippen LogP) is 1.25. The third-order valence-corrected chi connectivity index (χ3v) is 3.13. The molecule has 1 aromatic rings. The van der Waals surface area contributed by atoms with E-state index in [0.29, 0.717) is 19.0 Å². The maximum Gasteiger partial charge on any atom is 0.216 e. The Morgan fingerprint density at radius 3 is 2.53 bits per heavy atom. The topological polar surface area (TPSA) is 78.9 Å². The molecule has 1 fully saturated rings. The molecule has 1 aliphatic rings. The van der Waals surface area contributed by atoms with Crippen LogP contribution in [0.5, 0.6) is 0 Å². The Kier molecular flexibility index (Phi) is 4.19. The Bertz CT molecular complexity index is 470. The average Bonchev–Trinajstić information content (AvgIpc) is 3.20. The molecule has 19 heavy (non-hydrogen) atoms. The number of hydrogen-bond acceptors (Lipinski definition) is 5. The zero-order valence-electron chi connectivity index (χ0n) is 11.7. The highest BCUT2D eigenvalue weighted by Crippen LogP contribution is 2.39. The Morgan fingerprint density at radius 1 is 1.26 bits per heavy atom. The maximum atomic E-state index is 10.8. The Morgan fingerprint density at radius 2 is 1.95 bits per heavy atom. The summed E-state index contributed by atoms with van der Waals surface area (Å²) in [5, 5.41) is 9.12. The van der Waals surface area contributed by atoms with Crippen molar-refractivity contribution in [2.24, 2.45) is 0 Å². The van der Waals surface area contributed by atoms with Gasteiger partial charge < -0.3 is 16.0 Å². The second-order valence-electron chi connectivity index (χ2n) is 4.84. The van der Waals surface area contributed by atoms with Crippen molar-refractivity contribution in [3.63, 3.8) is 0 Å². The summed E-state index contributed by atoms with van der Waals surface area (Å²) in [5.74, 6) is 3.14. The van der Waals surface area contributed by atoms with E-state index in [1.165, 1.54) is 19.8 Å². The van der Waals surface area contributed by atoms with Crippen molar-refractivity contribution in [2.75, 3.05) is 30.8 Å². The van der Waals surface area contributed by atoms with Gasteiger partial charge in [-0.3, -0.25) is 4.79 Å². The zero-order chi connectivity index (χ0) is 13.8. The second-order valence-corrected chi connectivity index (χ2v) is 4.84. The van der Waals surface area contributed by atoms with Crippen molar-refractivity contribution in [3.05, 3.63) is 11.4 Å². The quantitative estimate of drug-likeness (QED) is 0.673. The number of anilines is 2. The van der Waals surface area contributed by atoms with E-state index in [1.54, 1.807) is 0 Å². The number of hydrogen-bond donors (Lipinski definition) is 3. The van der Waals surface area contributed by atoms with Crippen molar-refractivity contribution < 1.29 is 4.79 Å². The summed E-state index contributed by atoms with van der Waals surface area (Å²) in [7, 11) is 1.87. The monoisotopic (exact) mass is 263 g/mol. The van der Waals surface area contributed by atoms with Crippen molar-refractivity contribution in [1.29, 1.82) is 0 Å². The highest BCUT2D eigenvalue weighted by Gasteiger charge is 2.28. The lowest BCUT2D eigenvalue weighted by atomic mass is 10.2. The third kappa shape index (κ3) is 3.56. The largest absolute Gasteiger partial charge is 0.373 e. The number of aromatic nitrogens is 2. The molecule has 6 nitrogen and oxygen atoms in total. The Balaban J connectivity index is 2.05. The van der Waals surface area contributed by atoms with Gasteiger partial charge in [-0.1, -0.05) is 0 Å². The zero-order valence-corrected chi connectivity index (χ0v) is 11.7. The van der Waals surface area contributed by atoms with E-state index < -0.39 is 0 Å². The molecule has 104 valence electrons. The standard InChI is InChI=1S/C13H21N5O/c1-8-11(14-3)17-13(10-4-5-10)18-12(8)16-7-6-15-9(2)19/h10H,4-7H2,1-3H3,(H,15,19)(H2,14,16,17,18). The molecule has 6 heteroatoms. The van der Waals surface area contributed by atoms with Crippen LogP contribution in [0.2, 0.25) is 0 Å². The van der Waals surface area contributed by atoms with E-state index in [0.717, 1.165) is 23.0 Å². The van der Waals surface area contributed by atoms with Gasteiger partial charge in [-0.25, -0.2) is 9.97 Å². The van der Waals surface area contributed by atoms with E-state index in [4.69, 9.17) is 0 Å². The molecule has 0 aromatic carbocycles. The molecule has 0 unspecified atom stereocenters. The minimum atomic E-state index is -0.0178. The molecular formula is C13H21N5O. The van der Waals surface area contributed by atoms with Crippen LogP contribution in [0.25, 0.3) is 0 Å². The van der Waals surface area contributed by atoms with Crippen molar-refractivity contribution in [1.82, 2.24) is 15.3 Å². The summed E-state index contributed by atoms with van der Waals surface area (Å²) < 4.78 is 0. The van der Waals surface area contributed by atoms with E-state index in [9.17, 15) is 4.79 Å². The van der Waals surface area contributed by atoms with E-state index in [-0.39, 0.29) is 5.91 Å². The number of rotatable bonds is 6. The Labute approximate surface area is 113 Å². The smallest absolute Gasteiger partial charge is 0.216 e. The fourth-order valence-corrected chi connectivity index (χ4v) is 1.89. The van der Waals surface area contributed by atoms with Crippen LogP contribution in [0, 0.1) is 6.92 Å². The van der Waals surface area contributed by atoms with Crippen LogP contribution in [0.3, 0.4) is 0 Å². The normalized spacial score (nSPS) is 14.1. The van der Waals surface area contributed by atoms with Gasteiger partial charge >= 0.3 is 0 Å². The van der Waals surface area contributed by atoms with Crippen LogP contribution < -0.4 is 16.0 Å². The van der Waals surface area contributed by atoms with E-state index in [1.807, 2.05) is 14.0 Å². The van der Waals surface area contributed by atoms with Crippen LogP contribution >= 0.6 is 0 Å². The summed E-state index contributed by atoms with van der Waals surface area (Å²) in [4.78, 5) is 19.9. The molecule has 0 spiro atoms. The van der Waals surface area contributed by atoms with Gasteiger partial charge in [0.2, 0.25) is 5.91 Å². The third-order valence-electron chi connectivity index (χ3n) is 3.13. The summed E-state index contributed by atoms with van der Waals surface area (Å²) in [6, 6.07) is 0. The first kappa shape index (κ1) is 13.6. The highest BCUT2D eigenvalue weighted by atomic mass is 16.1. The first-order valence-electron chi connectivity index (χ1n) is 6.66. The fourth-order valence-electron chi connectivity index (χ4n) is 1.89. The second kappa shape index (κ2) is 5.86. The molecule has 1 amide bonds. The first-order chi connectivity index (χ1) is 9.11. The number of carbonyl (C=O) groups excluding carboxylic acids is 1. The lowest BCUT2D eigenvalue weighted by Crippen LogP contribution is -2.26. The lowest BCUT2D eigenvalue weighted by Gasteiger charge is -2.13. The van der Waals surface area contributed by atoms with Crippen LogP contribution in [-0.2, 0) is 4.79 Å². The van der Waals surface area contributed by atoms with Crippen molar-refractivity contribution >= 4 is 17.5 Å². The molecule has 2 rings (SSSR count). The number of nitrogens with zero attached hydrogens (tertiary/aromatic N) is 2. The van der Waals surface area contributed by atoms with Crippen LogP contribution in [-0.4, -0.2) is 36.0 Å². The van der Waals surface area contributed by atoms with Gasteiger partial charge in [0.1, 0.15) is 17.5 Å². The molecular weight excluding hydrogens is 242 g/mol. The molecule has 3 N–H and O–H groups in total. The maximum absolute atomic E-state index is 10.8. The molecule has 0 aliphatic heterocycles. The number of amides is 1. The minimum Gasteiger partial charge on any atom is -0.373 e. The van der Waals surface area contributed by atoms with Gasteiger partial charge in [0.05, 0.1) is 0 Å². The van der Waals surface area contributed by atoms with Crippen LogP contribution in [0.4, 0.5) is 11.6 Å². The molecule has 0 radical (unpaired) electrons. The summed E-state index contributed by atoms with van der Waals surface area (Å²) in [5.41, 5.74) is 1.01. The summed E-state index contributed by atoms with van der Waals surface area (Å²) in [6.45, 7) is 4.75. The number of nitrogens with one attached hydrogen (secondary N) is 3. The summed E-state index contributed by atoms with van der Waals surface area (Å²) >= 11 is 0. The van der Waals surface area contributed by atoms with Gasteiger partial charge in [-0.2, -0.15) is 0 Å². The molecule has 1 aliphatic carbocycles. The molecule has 0 saturated heterocycles. The predicted molar refractivity (Wildman–Crippen MR) is 75.5 cm³/mol. The van der Waals surface area contributed by atoms with Crippen LogP contribution in [0.15, 0.2) is 0 Å². The van der Waals surface area contributed by atoms with Gasteiger partial charge in [0.25, 0.3) is 0 Å². The van der Waals surface area contributed by atoms with Crippen LogP contribution in [0.1, 0.15) is 37.1 Å². The highest BCUT2D eigenvalue weighted by molar-refractivity contribution is 5.72. The lowest BCUT2D eigenvalue weighted by molar-refractivity contribution is -0.118. The van der Waals surface area contributed by atoms with Crippen molar-refractivity contribution in [3.8, 4) is 0 Å². The van der Waals surface area contributed by atoms with Gasteiger partial charge in [0.15, 0.2) is 0 Å². The minimum absolute atomic E-state index is 0.0178. The molecule has 0 bridgehead atoms. The fraction of sp³-hybridized carbons (Fsp3) is 0.615. The average molecular weight is 263 g/mol. The van der Waals surface area contributed by atoms with E-state index in [2.05, 4.69) is 25.9 Å².